The second kappa shape index (κ2) is 9.20. The molecule has 1 aliphatic rings. The molecular weight excluding hydrogens is 336 g/mol. The summed E-state index contributed by atoms with van der Waals surface area (Å²) in [6, 6.07) is 3.92. The minimum atomic E-state index is 0.0451. The van der Waals surface area contributed by atoms with Crippen LogP contribution in [0, 0.1) is 5.41 Å². The molecule has 0 unspecified atom stereocenters. The standard InChI is InChI=1S/C8H13N.C8H12O.C7H11NO/c2*1-8(2,3)7-5-4-6-9-7;1-7(2,3)6-8-4-5-9-6/h5-6H,4H2,1-3H3;4-6H,1-3H3;4-5H,1-3H3. The maximum Gasteiger partial charge on any atom is 0.199 e. The predicted octanol–water partition coefficient (Wildman–Crippen LogP) is 6.94. The molecule has 3 rings (SSSR count). The van der Waals surface area contributed by atoms with Crippen molar-refractivity contribution in [2.24, 2.45) is 10.4 Å². The Morgan fingerprint density at radius 3 is 1.70 bits per heavy atom. The van der Waals surface area contributed by atoms with Crippen molar-refractivity contribution in [3.05, 3.63) is 54.3 Å². The fourth-order valence-corrected chi connectivity index (χ4v) is 2.17. The van der Waals surface area contributed by atoms with Gasteiger partial charge in [-0.2, -0.15) is 0 Å². The Hall–Kier alpha value is -2.10. The van der Waals surface area contributed by atoms with E-state index in [1.807, 2.05) is 18.3 Å². The third-order valence-corrected chi connectivity index (χ3v) is 3.75. The molecule has 27 heavy (non-hydrogen) atoms. The summed E-state index contributed by atoms with van der Waals surface area (Å²) in [5.41, 5.74) is 1.67. The van der Waals surface area contributed by atoms with Gasteiger partial charge in [-0.1, -0.05) is 68.4 Å². The van der Waals surface area contributed by atoms with E-state index in [1.165, 1.54) is 5.70 Å². The molecule has 4 heteroatoms. The number of rotatable bonds is 0. The molecule has 0 radical (unpaired) electrons. The molecule has 2 aromatic rings. The molecule has 2 aromatic heterocycles. The number of aliphatic imine (C=N–C) groups is 1. The highest BCUT2D eigenvalue weighted by Crippen LogP contribution is 2.28. The van der Waals surface area contributed by atoms with Crippen LogP contribution >= 0.6 is 0 Å². The molecule has 0 spiro atoms. The Labute approximate surface area is 164 Å². The first-order valence-corrected chi connectivity index (χ1v) is 9.49. The predicted molar refractivity (Wildman–Crippen MR) is 113 cm³/mol. The first-order chi connectivity index (χ1) is 12.3. The highest BCUT2D eigenvalue weighted by atomic mass is 16.3. The van der Waals surface area contributed by atoms with Gasteiger partial charge in [-0.25, -0.2) is 4.98 Å². The van der Waals surface area contributed by atoms with Crippen molar-refractivity contribution in [3.8, 4) is 0 Å². The molecule has 0 amide bonds. The number of aromatic nitrogens is 1. The van der Waals surface area contributed by atoms with E-state index in [0.717, 1.165) is 18.1 Å². The normalized spacial score (nSPS) is 14.0. The molecule has 150 valence electrons. The van der Waals surface area contributed by atoms with Gasteiger partial charge in [0.25, 0.3) is 0 Å². The second-order valence-electron chi connectivity index (χ2n) is 9.70. The quantitative estimate of drug-likeness (QED) is 0.503. The van der Waals surface area contributed by atoms with Crippen LogP contribution < -0.4 is 0 Å². The zero-order valence-electron chi connectivity index (χ0n) is 18.5. The molecule has 0 atom stereocenters. The van der Waals surface area contributed by atoms with Gasteiger partial charge in [0.2, 0.25) is 0 Å². The minimum Gasteiger partial charge on any atom is -0.469 e. The van der Waals surface area contributed by atoms with E-state index in [4.69, 9.17) is 8.83 Å². The molecule has 0 saturated carbocycles. The van der Waals surface area contributed by atoms with Crippen LogP contribution in [0.3, 0.4) is 0 Å². The van der Waals surface area contributed by atoms with Crippen molar-refractivity contribution < 1.29 is 8.83 Å². The van der Waals surface area contributed by atoms with E-state index < -0.39 is 0 Å². The number of hydrogen-bond acceptors (Lipinski definition) is 4. The molecule has 0 aliphatic carbocycles. The van der Waals surface area contributed by atoms with Gasteiger partial charge in [-0.05, 0) is 12.1 Å². The Morgan fingerprint density at radius 2 is 1.48 bits per heavy atom. The fraction of sp³-hybridized carbons (Fsp3) is 0.565. The van der Waals surface area contributed by atoms with Gasteiger partial charge in [-0.3, -0.25) is 4.99 Å². The third-order valence-electron chi connectivity index (χ3n) is 3.75. The number of furan rings is 1. The number of allylic oxidation sites excluding steroid dienone is 2. The van der Waals surface area contributed by atoms with Gasteiger partial charge in [-0.15, -0.1) is 0 Å². The average molecular weight is 373 g/mol. The van der Waals surface area contributed by atoms with E-state index in [1.54, 1.807) is 18.7 Å². The van der Waals surface area contributed by atoms with E-state index in [2.05, 4.69) is 78.4 Å². The van der Waals surface area contributed by atoms with Crippen LogP contribution in [-0.2, 0) is 10.8 Å². The van der Waals surface area contributed by atoms with Crippen molar-refractivity contribution in [2.75, 3.05) is 0 Å². The molecule has 0 fully saturated rings. The second-order valence-corrected chi connectivity index (χ2v) is 9.70. The van der Waals surface area contributed by atoms with E-state index in [0.29, 0.717) is 0 Å². The molecule has 4 nitrogen and oxygen atoms in total. The zero-order valence-corrected chi connectivity index (χ0v) is 18.5. The summed E-state index contributed by atoms with van der Waals surface area (Å²) in [6.45, 7) is 19.1. The van der Waals surface area contributed by atoms with Crippen LogP contribution in [-0.4, -0.2) is 11.2 Å². The van der Waals surface area contributed by atoms with Crippen LogP contribution in [0.25, 0.3) is 0 Å². The summed E-state index contributed by atoms with van der Waals surface area (Å²) < 4.78 is 10.3. The first kappa shape index (κ1) is 22.9. The molecule has 1 aliphatic heterocycles. The van der Waals surface area contributed by atoms with Crippen LogP contribution in [0.5, 0.6) is 0 Å². The summed E-state index contributed by atoms with van der Waals surface area (Å²) in [5, 5.41) is 0. The van der Waals surface area contributed by atoms with Crippen LogP contribution in [0.2, 0.25) is 0 Å². The Bertz CT molecular complexity index is 658. The first-order valence-electron chi connectivity index (χ1n) is 9.49. The van der Waals surface area contributed by atoms with Crippen molar-refractivity contribution in [1.29, 1.82) is 0 Å². The summed E-state index contributed by atoms with van der Waals surface area (Å²) >= 11 is 0. The molecule has 0 bridgehead atoms. The Morgan fingerprint density at radius 1 is 0.815 bits per heavy atom. The van der Waals surface area contributed by atoms with Gasteiger partial charge in [0.15, 0.2) is 5.89 Å². The van der Waals surface area contributed by atoms with Crippen LogP contribution in [0.15, 0.2) is 56.5 Å². The van der Waals surface area contributed by atoms with Crippen LogP contribution in [0.1, 0.15) is 80.4 Å². The number of oxazole rings is 1. The minimum absolute atomic E-state index is 0.0451. The van der Waals surface area contributed by atoms with Gasteiger partial charge in [0.1, 0.15) is 12.0 Å². The van der Waals surface area contributed by atoms with E-state index in [-0.39, 0.29) is 16.2 Å². The molecule has 0 saturated heterocycles. The lowest BCUT2D eigenvalue weighted by Crippen LogP contribution is -2.10. The van der Waals surface area contributed by atoms with Crippen molar-refractivity contribution in [2.45, 2.75) is 79.6 Å². The Kier molecular flexibility index (Phi) is 7.82. The van der Waals surface area contributed by atoms with Crippen molar-refractivity contribution in [1.82, 2.24) is 4.98 Å². The van der Waals surface area contributed by atoms with Gasteiger partial charge < -0.3 is 8.83 Å². The number of hydrogen-bond donors (Lipinski definition) is 0. The lowest BCUT2D eigenvalue weighted by molar-refractivity contribution is 0.392. The number of nitrogens with zero attached hydrogens (tertiary/aromatic N) is 2. The monoisotopic (exact) mass is 372 g/mol. The summed E-state index contributed by atoms with van der Waals surface area (Å²) in [6.07, 6.45) is 10.1. The van der Waals surface area contributed by atoms with E-state index >= 15 is 0 Å². The SMILES string of the molecule is CC(C)(C)C1=CCC=N1.CC(C)(C)c1ccco1.CC(C)(C)c1ncco1. The molecular formula is C23H36N2O2. The zero-order chi connectivity index (χ0) is 20.7. The summed E-state index contributed by atoms with van der Waals surface area (Å²) in [5.74, 6) is 1.84. The topological polar surface area (TPSA) is 51.5 Å². The third kappa shape index (κ3) is 8.42. The summed E-state index contributed by atoms with van der Waals surface area (Å²) in [7, 11) is 0. The van der Waals surface area contributed by atoms with Crippen molar-refractivity contribution >= 4 is 6.21 Å². The average Bonchev–Trinajstić information content (AvgIpc) is 3.28. The molecule has 0 N–H and O–H groups in total. The van der Waals surface area contributed by atoms with Crippen molar-refractivity contribution in [3.63, 3.8) is 0 Å². The maximum atomic E-state index is 5.20. The smallest absolute Gasteiger partial charge is 0.199 e. The van der Waals surface area contributed by atoms with E-state index in [9.17, 15) is 0 Å². The lowest BCUT2D eigenvalue weighted by atomic mass is 9.92. The highest BCUT2D eigenvalue weighted by Gasteiger charge is 2.18. The lowest BCUT2D eigenvalue weighted by Gasteiger charge is -2.16. The van der Waals surface area contributed by atoms with Gasteiger partial charge in [0, 0.05) is 34.6 Å². The van der Waals surface area contributed by atoms with Gasteiger partial charge >= 0.3 is 0 Å². The largest absolute Gasteiger partial charge is 0.469 e. The maximum absolute atomic E-state index is 5.20. The van der Waals surface area contributed by atoms with Gasteiger partial charge in [0.05, 0.1) is 12.5 Å². The highest BCUT2D eigenvalue weighted by molar-refractivity contribution is 5.65. The Balaban J connectivity index is 0.000000202. The molecule has 3 heterocycles. The summed E-state index contributed by atoms with van der Waals surface area (Å²) in [4.78, 5) is 8.26. The van der Waals surface area contributed by atoms with Crippen LogP contribution in [0.4, 0.5) is 0 Å². The molecule has 0 aromatic carbocycles. The fourth-order valence-electron chi connectivity index (χ4n) is 2.17.